The molecule has 1 heterocycles. The Morgan fingerprint density at radius 1 is 1.27 bits per heavy atom. The average Bonchev–Trinajstić information content (AvgIpc) is 3.18. The van der Waals surface area contributed by atoms with E-state index in [1.165, 1.54) is 35.7 Å². The fraction of sp³-hybridized carbons (Fsp3) is 0.500. The van der Waals surface area contributed by atoms with Gasteiger partial charge >= 0.3 is 0 Å². The average molecular weight is 349 g/mol. The molecule has 0 aliphatic heterocycles. The van der Waals surface area contributed by atoms with Crippen LogP contribution in [0.3, 0.4) is 0 Å². The van der Waals surface area contributed by atoms with E-state index in [1.807, 2.05) is 0 Å². The highest BCUT2D eigenvalue weighted by Crippen LogP contribution is 2.69. The highest BCUT2D eigenvalue weighted by Gasteiger charge is 2.62. The van der Waals surface area contributed by atoms with Crippen LogP contribution >= 0.6 is 0 Å². The maximum absolute atomic E-state index is 11.1. The topological polar surface area (TPSA) is 60.1 Å². The number of rotatable bonds is 7. The van der Waals surface area contributed by atoms with Crippen molar-refractivity contribution in [1.29, 1.82) is 0 Å². The minimum Gasteiger partial charge on any atom is -0.370 e. The molecule has 0 saturated heterocycles. The molecule has 0 unspecified atom stereocenters. The van der Waals surface area contributed by atoms with Gasteiger partial charge in [0.05, 0.1) is 0 Å². The first kappa shape index (κ1) is 16.1. The van der Waals surface area contributed by atoms with E-state index in [1.54, 1.807) is 0 Å². The number of carbonyl (C=O) groups excluding carboxylic acids is 1. The molecule has 2 saturated carbocycles. The molecule has 4 nitrogen and oxygen atoms in total. The second-order valence-corrected chi connectivity index (χ2v) is 8.46. The van der Waals surface area contributed by atoms with Crippen LogP contribution < -0.4 is 11.1 Å². The van der Waals surface area contributed by atoms with Crippen LogP contribution in [0.4, 0.5) is 0 Å². The van der Waals surface area contributed by atoms with Crippen LogP contribution in [-0.4, -0.2) is 17.0 Å². The van der Waals surface area contributed by atoms with Crippen LogP contribution in [0, 0.1) is 23.2 Å². The predicted molar refractivity (Wildman–Crippen MR) is 103 cm³/mol. The van der Waals surface area contributed by atoms with Crippen molar-refractivity contribution >= 4 is 16.8 Å². The molecule has 1 aromatic heterocycles. The van der Waals surface area contributed by atoms with Crippen molar-refractivity contribution in [2.75, 3.05) is 6.54 Å². The van der Waals surface area contributed by atoms with Gasteiger partial charge < -0.3 is 15.6 Å². The number of hydrogen-bond acceptors (Lipinski definition) is 2. The zero-order valence-electron chi connectivity index (χ0n) is 15.2. The lowest BCUT2D eigenvalue weighted by Crippen LogP contribution is -2.26. The number of nitrogens with zero attached hydrogens (tertiary/aromatic N) is 1. The van der Waals surface area contributed by atoms with Crippen molar-refractivity contribution < 1.29 is 4.79 Å². The van der Waals surface area contributed by atoms with Gasteiger partial charge in [0.2, 0.25) is 5.91 Å². The van der Waals surface area contributed by atoms with Gasteiger partial charge in [-0.3, -0.25) is 4.79 Å². The van der Waals surface area contributed by atoms with E-state index in [2.05, 4.69) is 52.5 Å². The Hall–Kier alpha value is -2.07. The number of para-hydroxylation sites is 1. The summed E-state index contributed by atoms with van der Waals surface area (Å²) in [7, 11) is 0. The molecule has 0 radical (unpaired) electrons. The fourth-order valence-electron chi connectivity index (χ4n) is 5.63. The quantitative estimate of drug-likeness (QED) is 0.754. The zero-order valence-corrected chi connectivity index (χ0v) is 15.2. The number of carbonyl (C=O) groups is 1. The second kappa shape index (κ2) is 5.98. The van der Waals surface area contributed by atoms with E-state index < -0.39 is 0 Å². The smallest absolute Gasteiger partial charge is 0.219 e. The van der Waals surface area contributed by atoms with E-state index >= 15 is 0 Å². The highest BCUT2D eigenvalue weighted by molar-refractivity contribution is 5.84. The summed E-state index contributed by atoms with van der Waals surface area (Å²) in [5.74, 6) is 2.23. The number of allylic oxidation sites excluding steroid dienone is 2. The SMILES string of the molecule is NC(=O)CCn1cc(CNC[C@H]2C[C@H]3C=C[C@H]2C32CC2)c2ccccc21. The Morgan fingerprint density at radius 2 is 2.12 bits per heavy atom. The van der Waals surface area contributed by atoms with E-state index in [4.69, 9.17) is 5.73 Å². The van der Waals surface area contributed by atoms with Gasteiger partial charge in [0, 0.05) is 36.6 Å². The third-order valence-electron chi connectivity index (χ3n) is 7.04. The molecule has 26 heavy (non-hydrogen) atoms. The number of fused-ring (bicyclic) bond motifs is 1. The summed E-state index contributed by atoms with van der Waals surface area (Å²) in [6.07, 6.45) is 11.8. The Balaban J connectivity index is 1.26. The van der Waals surface area contributed by atoms with Gasteiger partial charge in [-0.2, -0.15) is 0 Å². The van der Waals surface area contributed by atoms with Crippen LogP contribution in [0.15, 0.2) is 42.6 Å². The van der Waals surface area contributed by atoms with Crippen LogP contribution in [0.5, 0.6) is 0 Å². The standard InChI is InChI=1S/C22H27N3O/c23-21(26)7-10-25-14-16(18-3-1-2-4-20(18)25)13-24-12-15-11-17-5-6-19(15)22(17)8-9-22/h1-6,14-15,17,19,24H,7-13H2,(H2,23,26)/t15-,17-,19-/m1/s1. The predicted octanol–water partition coefficient (Wildman–Crippen LogP) is 3.21. The normalized spacial score (nSPS) is 27.6. The lowest BCUT2D eigenvalue weighted by atomic mass is 9.89. The van der Waals surface area contributed by atoms with Crippen molar-refractivity contribution in [3.63, 3.8) is 0 Å². The number of aromatic nitrogens is 1. The summed E-state index contributed by atoms with van der Waals surface area (Å²) in [6, 6.07) is 8.43. The highest BCUT2D eigenvalue weighted by atomic mass is 16.1. The first-order valence-corrected chi connectivity index (χ1v) is 9.91. The second-order valence-electron chi connectivity index (χ2n) is 8.46. The number of nitrogens with one attached hydrogen (secondary N) is 1. The minimum absolute atomic E-state index is 0.249. The van der Waals surface area contributed by atoms with Gasteiger partial charge in [-0.25, -0.2) is 0 Å². The molecule has 2 aromatic rings. The largest absolute Gasteiger partial charge is 0.370 e. The summed E-state index contributed by atoms with van der Waals surface area (Å²) in [6.45, 7) is 2.64. The summed E-state index contributed by atoms with van der Waals surface area (Å²) in [4.78, 5) is 11.1. The van der Waals surface area contributed by atoms with Crippen molar-refractivity contribution in [3.05, 3.63) is 48.2 Å². The van der Waals surface area contributed by atoms with Gasteiger partial charge in [0.15, 0.2) is 0 Å². The summed E-state index contributed by atoms with van der Waals surface area (Å²) < 4.78 is 2.16. The van der Waals surface area contributed by atoms with Crippen molar-refractivity contribution in [2.24, 2.45) is 28.9 Å². The molecule has 2 fully saturated rings. The van der Waals surface area contributed by atoms with Crippen LogP contribution in [0.2, 0.25) is 0 Å². The summed E-state index contributed by atoms with van der Waals surface area (Å²) in [5, 5.41) is 5.00. The molecule has 3 atom stereocenters. The fourth-order valence-corrected chi connectivity index (χ4v) is 5.63. The van der Waals surface area contributed by atoms with Crippen molar-refractivity contribution in [3.8, 4) is 0 Å². The lowest BCUT2D eigenvalue weighted by Gasteiger charge is -2.20. The third kappa shape index (κ3) is 2.50. The van der Waals surface area contributed by atoms with Gasteiger partial charge in [0.1, 0.15) is 0 Å². The molecular formula is C22H27N3O. The molecule has 3 aliphatic rings. The maximum Gasteiger partial charge on any atom is 0.219 e. The molecule has 1 amide bonds. The molecular weight excluding hydrogens is 322 g/mol. The van der Waals surface area contributed by atoms with Crippen molar-refractivity contribution in [2.45, 2.75) is 38.8 Å². The first-order chi connectivity index (χ1) is 12.7. The molecule has 2 bridgehead atoms. The van der Waals surface area contributed by atoms with Crippen LogP contribution in [0.25, 0.3) is 10.9 Å². The number of benzene rings is 1. The molecule has 136 valence electrons. The Labute approximate surface area is 154 Å². The van der Waals surface area contributed by atoms with Gasteiger partial charge in [-0.05, 0) is 60.6 Å². The third-order valence-corrected chi connectivity index (χ3v) is 7.04. The first-order valence-electron chi connectivity index (χ1n) is 9.91. The van der Waals surface area contributed by atoms with Crippen molar-refractivity contribution in [1.82, 2.24) is 9.88 Å². The zero-order chi connectivity index (χ0) is 17.7. The van der Waals surface area contributed by atoms with Crippen LogP contribution in [0.1, 0.15) is 31.2 Å². The monoisotopic (exact) mass is 349 g/mol. The Bertz CT molecular complexity index is 877. The molecule has 3 aliphatic carbocycles. The lowest BCUT2D eigenvalue weighted by molar-refractivity contribution is -0.118. The number of amides is 1. The van der Waals surface area contributed by atoms with Gasteiger partial charge in [-0.15, -0.1) is 0 Å². The number of primary amides is 1. The van der Waals surface area contributed by atoms with Crippen LogP contribution in [-0.2, 0) is 17.9 Å². The molecule has 5 rings (SSSR count). The van der Waals surface area contributed by atoms with E-state index in [-0.39, 0.29) is 5.91 Å². The summed E-state index contributed by atoms with van der Waals surface area (Å²) in [5.41, 5.74) is 8.50. The number of hydrogen-bond donors (Lipinski definition) is 2. The van der Waals surface area contributed by atoms with Gasteiger partial charge in [-0.1, -0.05) is 30.4 Å². The number of aryl methyl sites for hydroxylation is 1. The number of nitrogens with two attached hydrogens (primary N) is 1. The van der Waals surface area contributed by atoms with E-state index in [0.29, 0.717) is 18.4 Å². The van der Waals surface area contributed by atoms with E-state index in [0.717, 1.165) is 30.8 Å². The maximum atomic E-state index is 11.1. The molecule has 1 spiro atoms. The van der Waals surface area contributed by atoms with E-state index in [9.17, 15) is 4.79 Å². The Kier molecular flexibility index (Phi) is 3.71. The minimum atomic E-state index is -0.249. The molecule has 3 N–H and O–H groups in total. The molecule has 4 heteroatoms. The Morgan fingerprint density at radius 3 is 2.88 bits per heavy atom. The summed E-state index contributed by atoms with van der Waals surface area (Å²) >= 11 is 0. The molecule has 1 aromatic carbocycles. The van der Waals surface area contributed by atoms with Gasteiger partial charge in [0.25, 0.3) is 0 Å².